The second-order valence-corrected chi connectivity index (χ2v) is 3.63. The fraction of sp³-hybridized carbons (Fsp3) is 0.545. The Labute approximate surface area is 83.8 Å². The van der Waals surface area contributed by atoms with Crippen LogP contribution in [0.1, 0.15) is 25.7 Å². The number of aliphatic carboxylic acids is 1. The summed E-state index contributed by atoms with van der Waals surface area (Å²) in [6.07, 6.45) is 6.41. The van der Waals surface area contributed by atoms with Crippen molar-refractivity contribution in [2.75, 3.05) is 0 Å². The third-order valence-corrected chi connectivity index (χ3v) is 2.63. The van der Waals surface area contributed by atoms with E-state index in [2.05, 4.69) is 6.58 Å². The average Bonchev–Trinajstić information content (AvgIpc) is 2.11. The normalized spacial score (nSPS) is 27.8. The summed E-state index contributed by atoms with van der Waals surface area (Å²) in [5, 5.41) is 18.5. The lowest BCUT2D eigenvalue weighted by Gasteiger charge is -2.23. The predicted molar refractivity (Wildman–Crippen MR) is 53.9 cm³/mol. The first-order valence-electron chi connectivity index (χ1n) is 4.88. The third-order valence-electron chi connectivity index (χ3n) is 2.63. The largest absolute Gasteiger partial charge is 0.478 e. The quantitative estimate of drug-likeness (QED) is 0.522. The first-order chi connectivity index (χ1) is 6.63. The van der Waals surface area contributed by atoms with Gasteiger partial charge in [0.2, 0.25) is 0 Å². The van der Waals surface area contributed by atoms with Gasteiger partial charge in [-0.3, -0.25) is 0 Å². The molecular formula is C11H16O3. The molecule has 0 radical (unpaired) electrons. The van der Waals surface area contributed by atoms with Gasteiger partial charge < -0.3 is 10.2 Å². The lowest BCUT2D eigenvalue weighted by Crippen LogP contribution is -2.26. The molecule has 0 heterocycles. The predicted octanol–water partition coefficient (Wildman–Crippen LogP) is 1.73. The number of aliphatic hydroxyl groups is 1. The fourth-order valence-electron chi connectivity index (χ4n) is 1.74. The van der Waals surface area contributed by atoms with E-state index in [1.54, 1.807) is 0 Å². The Bertz CT molecular complexity index is 255. The second-order valence-electron chi connectivity index (χ2n) is 3.63. The van der Waals surface area contributed by atoms with E-state index in [1.807, 2.05) is 12.2 Å². The van der Waals surface area contributed by atoms with Gasteiger partial charge in [-0.2, -0.15) is 0 Å². The van der Waals surface area contributed by atoms with Crippen LogP contribution in [-0.2, 0) is 4.79 Å². The molecule has 3 heteroatoms. The lowest BCUT2D eigenvalue weighted by molar-refractivity contribution is -0.133. The molecule has 2 unspecified atom stereocenters. The monoisotopic (exact) mass is 196 g/mol. The highest BCUT2D eigenvalue weighted by molar-refractivity contribution is 5.86. The van der Waals surface area contributed by atoms with Crippen molar-refractivity contribution in [1.82, 2.24) is 0 Å². The Hall–Kier alpha value is -1.09. The summed E-state index contributed by atoms with van der Waals surface area (Å²) >= 11 is 0. The molecule has 2 N–H and O–H groups in total. The van der Waals surface area contributed by atoms with E-state index in [0.717, 1.165) is 12.8 Å². The second kappa shape index (κ2) is 4.96. The summed E-state index contributed by atoms with van der Waals surface area (Å²) in [5.41, 5.74) is 0.132. The van der Waals surface area contributed by atoms with Crippen LogP contribution in [0.2, 0.25) is 0 Å². The zero-order valence-electron chi connectivity index (χ0n) is 8.15. The number of carboxylic acid groups (broad SMARTS) is 1. The summed E-state index contributed by atoms with van der Waals surface area (Å²) in [6.45, 7) is 3.52. The van der Waals surface area contributed by atoms with Gasteiger partial charge in [0, 0.05) is 11.5 Å². The smallest absolute Gasteiger partial charge is 0.331 e. The molecule has 0 aromatic carbocycles. The van der Waals surface area contributed by atoms with Gasteiger partial charge in [0.25, 0.3) is 0 Å². The van der Waals surface area contributed by atoms with Crippen LogP contribution in [0.3, 0.4) is 0 Å². The molecule has 0 aromatic rings. The molecule has 78 valence electrons. The van der Waals surface area contributed by atoms with Crippen molar-refractivity contribution in [1.29, 1.82) is 0 Å². The van der Waals surface area contributed by atoms with Crippen molar-refractivity contribution < 1.29 is 15.0 Å². The minimum Gasteiger partial charge on any atom is -0.478 e. The van der Waals surface area contributed by atoms with Crippen molar-refractivity contribution in [2.45, 2.75) is 31.8 Å². The van der Waals surface area contributed by atoms with E-state index in [-0.39, 0.29) is 11.5 Å². The van der Waals surface area contributed by atoms with Crippen LogP contribution < -0.4 is 0 Å². The Kier molecular flexibility index (Phi) is 3.89. The molecule has 0 amide bonds. The van der Waals surface area contributed by atoms with E-state index in [9.17, 15) is 9.90 Å². The highest BCUT2D eigenvalue weighted by Crippen LogP contribution is 2.25. The molecule has 0 aromatic heterocycles. The number of carboxylic acids is 1. The van der Waals surface area contributed by atoms with E-state index >= 15 is 0 Å². The molecule has 3 nitrogen and oxygen atoms in total. The van der Waals surface area contributed by atoms with Gasteiger partial charge in [0.1, 0.15) is 0 Å². The molecule has 2 atom stereocenters. The van der Waals surface area contributed by atoms with E-state index in [4.69, 9.17) is 5.11 Å². The number of rotatable bonds is 2. The fourth-order valence-corrected chi connectivity index (χ4v) is 1.74. The summed E-state index contributed by atoms with van der Waals surface area (Å²) in [5.74, 6) is -1.30. The molecule has 0 spiro atoms. The maximum atomic E-state index is 10.7. The molecule has 0 saturated heterocycles. The molecule has 0 fully saturated rings. The summed E-state index contributed by atoms with van der Waals surface area (Å²) in [4.78, 5) is 10.7. The molecule has 1 aliphatic rings. The minimum absolute atomic E-state index is 0.132. The van der Waals surface area contributed by atoms with Gasteiger partial charge in [-0.25, -0.2) is 4.79 Å². The molecule has 0 saturated carbocycles. The molecule has 0 bridgehead atoms. The maximum absolute atomic E-state index is 10.7. The van der Waals surface area contributed by atoms with Crippen molar-refractivity contribution in [2.24, 2.45) is 5.92 Å². The van der Waals surface area contributed by atoms with Crippen LogP contribution in [-0.4, -0.2) is 22.3 Å². The average molecular weight is 196 g/mol. The zero-order valence-corrected chi connectivity index (χ0v) is 8.15. The highest BCUT2D eigenvalue weighted by atomic mass is 16.4. The number of aliphatic hydroxyl groups excluding tert-OH is 1. The van der Waals surface area contributed by atoms with Crippen LogP contribution in [0.15, 0.2) is 24.3 Å². The maximum Gasteiger partial charge on any atom is 0.331 e. The van der Waals surface area contributed by atoms with E-state index in [0.29, 0.717) is 12.8 Å². The van der Waals surface area contributed by atoms with E-state index < -0.39 is 12.1 Å². The summed E-state index contributed by atoms with van der Waals surface area (Å²) in [7, 11) is 0. The summed E-state index contributed by atoms with van der Waals surface area (Å²) in [6, 6.07) is 0. The highest BCUT2D eigenvalue weighted by Gasteiger charge is 2.25. The Morgan fingerprint density at radius 1 is 1.29 bits per heavy atom. The van der Waals surface area contributed by atoms with Crippen LogP contribution >= 0.6 is 0 Å². The third kappa shape index (κ3) is 2.70. The standard InChI is InChI=1S/C11H16O3/c1-8(11(13)14)9-6-4-2-3-5-7-10(9)12/h2-3,9-10,12H,1,4-7H2,(H,13,14). The minimum atomic E-state index is -1.00. The van der Waals surface area contributed by atoms with Crippen molar-refractivity contribution in [3.05, 3.63) is 24.3 Å². The van der Waals surface area contributed by atoms with Crippen LogP contribution in [0.5, 0.6) is 0 Å². The van der Waals surface area contributed by atoms with Gasteiger partial charge in [-0.05, 0) is 25.7 Å². The number of carbonyl (C=O) groups is 1. The van der Waals surface area contributed by atoms with Crippen LogP contribution in [0.25, 0.3) is 0 Å². The SMILES string of the molecule is C=C(C(=O)O)C1CCC=CCCC1O. The van der Waals surface area contributed by atoms with Gasteiger partial charge in [0.05, 0.1) is 6.10 Å². The Balaban J connectivity index is 2.69. The lowest BCUT2D eigenvalue weighted by atomic mass is 9.86. The first kappa shape index (κ1) is 11.0. The van der Waals surface area contributed by atoms with Crippen LogP contribution in [0, 0.1) is 5.92 Å². The molecule has 0 aliphatic heterocycles. The van der Waals surface area contributed by atoms with Gasteiger partial charge in [-0.1, -0.05) is 18.7 Å². The molecule has 1 aliphatic carbocycles. The number of hydrogen-bond acceptors (Lipinski definition) is 2. The number of allylic oxidation sites excluding steroid dienone is 2. The van der Waals surface area contributed by atoms with Crippen molar-refractivity contribution in [3.63, 3.8) is 0 Å². The Morgan fingerprint density at radius 3 is 2.43 bits per heavy atom. The summed E-state index contributed by atoms with van der Waals surface area (Å²) < 4.78 is 0. The molecule has 1 rings (SSSR count). The zero-order chi connectivity index (χ0) is 10.6. The van der Waals surface area contributed by atoms with Crippen molar-refractivity contribution in [3.8, 4) is 0 Å². The topological polar surface area (TPSA) is 57.5 Å². The molecule has 14 heavy (non-hydrogen) atoms. The first-order valence-corrected chi connectivity index (χ1v) is 4.88. The number of hydrogen-bond donors (Lipinski definition) is 2. The van der Waals surface area contributed by atoms with E-state index in [1.165, 1.54) is 0 Å². The van der Waals surface area contributed by atoms with Gasteiger partial charge >= 0.3 is 5.97 Å². The molecular weight excluding hydrogens is 180 g/mol. The van der Waals surface area contributed by atoms with Crippen molar-refractivity contribution >= 4 is 5.97 Å². The van der Waals surface area contributed by atoms with Gasteiger partial charge in [-0.15, -0.1) is 0 Å². The van der Waals surface area contributed by atoms with Crippen LogP contribution in [0.4, 0.5) is 0 Å². The van der Waals surface area contributed by atoms with Gasteiger partial charge in [0.15, 0.2) is 0 Å². The Morgan fingerprint density at radius 2 is 1.86 bits per heavy atom.